The van der Waals surface area contributed by atoms with Gasteiger partial charge in [-0.2, -0.15) is 0 Å². The molecule has 1 aliphatic rings. The zero-order chi connectivity index (χ0) is 14.7. The molecule has 0 aromatic heterocycles. The molecular weight excluding hydrogens is 267 g/mol. The summed E-state index contributed by atoms with van der Waals surface area (Å²) >= 11 is 0. The molecule has 0 spiro atoms. The number of benzene rings is 2. The van der Waals surface area contributed by atoms with E-state index in [1.165, 1.54) is 0 Å². The standard InChI is InChI=1S/C16H15BO4/c18-15(21-14-7-2-1-3-8-14)10-9-12-5-4-6-13-11-20-17(19)16(12)13/h1-8,19H,9-11H2. The third-order valence-corrected chi connectivity index (χ3v) is 3.50. The Morgan fingerprint density at radius 3 is 2.81 bits per heavy atom. The van der Waals surface area contributed by atoms with E-state index in [0.717, 1.165) is 16.6 Å². The maximum absolute atomic E-state index is 11.9. The lowest BCUT2D eigenvalue weighted by Gasteiger charge is -2.08. The van der Waals surface area contributed by atoms with Crippen LogP contribution in [0.1, 0.15) is 17.5 Å². The molecule has 0 aliphatic carbocycles. The van der Waals surface area contributed by atoms with Crippen LogP contribution in [0.15, 0.2) is 48.5 Å². The molecule has 0 atom stereocenters. The van der Waals surface area contributed by atoms with Crippen LogP contribution in [-0.4, -0.2) is 18.1 Å². The molecule has 0 fully saturated rings. The van der Waals surface area contributed by atoms with E-state index in [-0.39, 0.29) is 12.4 Å². The van der Waals surface area contributed by atoms with E-state index in [9.17, 15) is 9.82 Å². The Bertz CT molecular complexity index is 642. The predicted octanol–water partition coefficient (Wildman–Crippen LogP) is 1.44. The van der Waals surface area contributed by atoms with Gasteiger partial charge >= 0.3 is 13.1 Å². The van der Waals surface area contributed by atoms with E-state index in [0.29, 0.717) is 18.8 Å². The maximum Gasteiger partial charge on any atom is 0.492 e. The van der Waals surface area contributed by atoms with Crippen molar-refractivity contribution in [2.75, 3.05) is 0 Å². The Labute approximate surface area is 123 Å². The predicted molar refractivity (Wildman–Crippen MR) is 79.2 cm³/mol. The average molecular weight is 282 g/mol. The lowest BCUT2D eigenvalue weighted by molar-refractivity contribution is -0.134. The van der Waals surface area contributed by atoms with E-state index < -0.39 is 7.12 Å². The molecule has 5 heteroatoms. The minimum Gasteiger partial charge on any atom is -0.427 e. The van der Waals surface area contributed by atoms with E-state index in [1.54, 1.807) is 12.1 Å². The van der Waals surface area contributed by atoms with Gasteiger partial charge in [-0.15, -0.1) is 0 Å². The summed E-state index contributed by atoms with van der Waals surface area (Å²) in [5, 5.41) is 9.82. The first-order valence-corrected chi connectivity index (χ1v) is 6.90. The van der Waals surface area contributed by atoms with E-state index in [2.05, 4.69) is 0 Å². The summed E-state index contributed by atoms with van der Waals surface area (Å²) in [4.78, 5) is 11.9. The fourth-order valence-electron chi connectivity index (χ4n) is 2.49. The minimum atomic E-state index is -0.888. The van der Waals surface area contributed by atoms with Gasteiger partial charge in [0.2, 0.25) is 0 Å². The second-order valence-electron chi connectivity index (χ2n) is 4.94. The number of fused-ring (bicyclic) bond motifs is 1. The van der Waals surface area contributed by atoms with Crippen LogP contribution in [0.4, 0.5) is 0 Å². The number of para-hydroxylation sites is 1. The van der Waals surface area contributed by atoms with Crippen molar-refractivity contribution in [3.8, 4) is 5.75 Å². The summed E-state index contributed by atoms with van der Waals surface area (Å²) in [6.45, 7) is 0.415. The van der Waals surface area contributed by atoms with E-state index in [4.69, 9.17) is 9.39 Å². The zero-order valence-corrected chi connectivity index (χ0v) is 11.5. The Morgan fingerprint density at radius 2 is 2.00 bits per heavy atom. The second kappa shape index (κ2) is 6.12. The highest BCUT2D eigenvalue weighted by atomic mass is 16.5. The van der Waals surface area contributed by atoms with Crippen LogP contribution in [-0.2, 0) is 22.5 Å². The molecule has 106 valence electrons. The summed E-state index contributed by atoms with van der Waals surface area (Å²) in [7, 11) is -0.888. The first kappa shape index (κ1) is 13.9. The SMILES string of the molecule is O=C(CCc1cccc2c1B(O)OC2)Oc1ccccc1. The van der Waals surface area contributed by atoms with Crippen molar-refractivity contribution >= 4 is 18.6 Å². The molecule has 0 bridgehead atoms. The highest BCUT2D eigenvalue weighted by Gasteiger charge is 2.29. The average Bonchev–Trinajstić information content (AvgIpc) is 2.88. The van der Waals surface area contributed by atoms with Gasteiger partial charge in [-0.1, -0.05) is 36.4 Å². The zero-order valence-electron chi connectivity index (χ0n) is 11.5. The molecule has 0 saturated heterocycles. The summed E-state index contributed by atoms with van der Waals surface area (Å²) in [6, 6.07) is 14.8. The van der Waals surface area contributed by atoms with Gasteiger partial charge in [0.15, 0.2) is 0 Å². The summed E-state index contributed by atoms with van der Waals surface area (Å²) < 4.78 is 10.5. The molecule has 1 heterocycles. The maximum atomic E-state index is 11.9. The summed E-state index contributed by atoms with van der Waals surface area (Å²) in [6.07, 6.45) is 0.785. The number of aryl methyl sites for hydroxylation is 1. The molecule has 21 heavy (non-hydrogen) atoms. The van der Waals surface area contributed by atoms with Crippen LogP contribution < -0.4 is 10.2 Å². The summed E-state index contributed by atoms with van der Waals surface area (Å²) in [5.74, 6) is 0.261. The minimum absolute atomic E-state index is 0.262. The van der Waals surface area contributed by atoms with Crippen molar-refractivity contribution in [1.82, 2.24) is 0 Å². The quantitative estimate of drug-likeness (QED) is 0.524. The van der Waals surface area contributed by atoms with Crippen molar-refractivity contribution < 1.29 is 19.2 Å². The van der Waals surface area contributed by atoms with Crippen molar-refractivity contribution in [2.45, 2.75) is 19.4 Å². The molecule has 0 amide bonds. The molecule has 0 radical (unpaired) electrons. The van der Waals surface area contributed by atoms with Crippen LogP contribution in [0.25, 0.3) is 0 Å². The van der Waals surface area contributed by atoms with Crippen molar-refractivity contribution in [2.24, 2.45) is 0 Å². The first-order chi connectivity index (χ1) is 10.2. The molecule has 2 aromatic rings. The highest BCUT2D eigenvalue weighted by Crippen LogP contribution is 2.15. The van der Waals surface area contributed by atoms with Gasteiger partial charge in [0.05, 0.1) is 6.61 Å². The van der Waals surface area contributed by atoms with Gasteiger partial charge in [0.1, 0.15) is 5.75 Å². The lowest BCUT2D eigenvalue weighted by atomic mass is 9.75. The smallest absolute Gasteiger partial charge is 0.427 e. The summed E-state index contributed by atoms with van der Waals surface area (Å²) in [5.41, 5.74) is 2.71. The number of ether oxygens (including phenoxy) is 1. The third kappa shape index (κ3) is 3.15. The van der Waals surface area contributed by atoms with Gasteiger partial charge < -0.3 is 14.4 Å². The van der Waals surface area contributed by atoms with Gasteiger partial charge in [-0.05, 0) is 35.1 Å². The number of carbonyl (C=O) groups is 1. The Morgan fingerprint density at radius 1 is 1.19 bits per heavy atom. The van der Waals surface area contributed by atoms with Gasteiger partial charge in [-0.25, -0.2) is 0 Å². The van der Waals surface area contributed by atoms with Crippen LogP contribution >= 0.6 is 0 Å². The number of hydrogen-bond donors (Lipinski definition) is 1. The van der Waals surface area contributed by atoms with Crippen molar-refractivity contribution in [3.63, 3.8) is 0 Å². The van der Waals surface area contributed by atoms with Gasteiger partial charge in [-0.3, -0.25) is 4.79 Å². The number of hydrogen-bond acceptors (Lipinski definition) is 4. The third-order valence-electron chi connectivity index (χ3n) is 3.50. The second-order valence-corrected chi connectivity index (χ2v) is 4.94. The molecule has 4 nitrogen and oxygen atoms in total. The largest absolute Gasteiger partial charge is 0.492 e. The number of rotatable bonds is 4. The van der Waals surface area contributed by atoms with Crippen LogP contribution in [0.5, 0.6) is 5.75 Å². The first-order valence-electron chi connectivity index (χ1n) is 6.90. The van der Waals surface area contributed by atoms with E-state index in [1.807, 2.05) is 36.4 Å². The Balaban J connectivity index is 1.64. The lowest BCUT2D eigenvalue weighted by Crippen LogP contribution is -2.31. The van der Waals surface area contributed by atoms with E-state index >= 15 is 0 Å². The molecule has 3 rings (SSSR count). The van der Waals surface area contributed by atoms with Crippen molar-refractivity contribution in [1.29, 1.82) is 0 Å². The monoisotopic (exact) mass is 282 g/mol. The molecule has 2 aromatic carbocycles. The molecular formula is C16H15BO4. The van der Waals surface area contributed by atoms with Gasteiger partial charge in [0, 0.05) is 6.42 Å². The molecule has 1 N–H and O–H groups in total. The normalized spacial score (nSPS) is 13.1. The molecule has 0 saturated carbocycles. The fourth-order valence-corrected chi connectivity index (χ4v) is 2.49. The highest BCUT2D eigenvalue weighted by molar-refractivity contribution is 6.62. The molecule has 0 unspecified atom stereocenters. The van der Waals surface area contributed by atoms with Gasteiger partial charge in [0.25, 0.3) is 0 Å². The van der Waals surface area contributed by atoms with Crippen LogP contribution in [0.2, 0.25) is 0 Å². The van der Waals surface area contributed by atoms with Crippen LogP contribution in [0.3, 0.4) is 0 Å². The Kier molecular flexibility index (Phi) is 4.04. The number of esters is 1. The molecule has 1 aliphatic heterocycles. The number of carbonyl (C=O) groups excluding carboxylic acids is 1. The van der Waals surface area contributed by atoms with Crippen LogP contribution in [0, 0.1) is 0 Å². The topological polar surface area (TPSA) is 55.8 Å². The Hall–Kier alpha value is -2.11. The fraction of sp³-hybridized carbons (Fsp3) is 0.188. The van der Waals surface area contributed by atoms with Crippen molar-refractivity contribution in [3.05, 3.63) is 59.7 Å².